The Bertz CT molecular complexity index is 591. The lowest BCUT2D eigenvalue weighted by molar-refractivity contribution is 0.838. The minimum Gasteiger partial charge on any atom is -0.248 e. The molecule has 18 heavy (non-hydrogen) atoms. The molecule has 0 aromatic carbocycles. The predicted octanol–water partition coefficient (Wildman–Crippen LogP) is 2.90. The van der Waals surface area contributed by atoms with Gasteiger partial charge in [-0.2, -0.15) is 0 Å². The molecule has 0 N–H and O–H groups in total. The molecule has 0 aliphatic heterocycles. The smallest absolute Gasteiger partial charge is 0.0668 e. The van der Waals surface area contributed by atoms with Crippen LogP contribution in [0.1, 0.15) is 43.0 Å². The monoisotopic (exact) mass is 239 g/mol. The molecule has 1 aromatic heterocycles. The average Bonchev–Trinajstić information content (AvgIpc) is 2.62. The van der Waals surface area contributed by atoms with E-state index in [2.05, 4.69) is 44.7 Å². The second-order valence-electron chi connectivity index (χ2n) is 4.71. The first kappa shape index (κ1) is 12.8. The highest BCUT2D eigenvalue weighted by atomic mass is 14.7. The van der Waals surface area contributed by atoms with E-state index < -0.39 is 0 Å². The molecule has 0 bridgehead atoms. The van der Waals surface area contributed by atoms with Gasteiger partial charge in [0.15, 0.2) is 0 Å². The summed E-state index contributed by atoms with van der Waals surface area (Å²) in [4.78, 5) is 4.80. The molecule has 94 valence electrons. The van der Waals surface area contributed by atoms with Crippen LogP contribution in [0.4, 0.5) is 0 Å². The van der Waals surface area contributed by atoms with Gasteiger partial charge in [0.2, 0.25) is 0 Å². The first-order valence-electron chi connectivity index (χ1n) is 6.71. The van der Waals surface area contributed by atoms with Gasteiger partial charge in [0.1, 0.15) is 0 Å². The summed E-state index contributed by atoms with van der Waals surface area (Å²) in [7, 11) is 0. The van der Waals surface area contributed by atoms with Crippen molar-refractivity contribution in [3.8, 4) is 0 Å². The number of hydrogen-bond donors (Lipinski definition) is 0. The van der Waals surface area contributed by atoms with Crippen LogP contribution in [0.3, 0.4) is 0 Å². The lowest BCUT2D eigenvalue weighted by atomic mass is 10.0. The SMILES string of the molecule is C=CC/C=c1/c(C)c2c(n/c1=C/C)C=CCCC2. The number of aromatic nitrogens is 1. The number of hydrogen-bond acceptors (Lipinski definition) is 1. The number of allylic oxidation sites excluding steroid dienone is 2. The Hall–Kier alpha value is -1.63. The second-order valence-corrected chi connectivity index (χ2v) is 4.71. The zero-order chi connectivity index (χ0) is 13.0. The van der Waals surface area contributed by atoms with Gasteiger partial charge in [0.05, 0.1) is 11.0 Å². The Balaban J connectivity index is 2.73. The predicted molar refractivity (Wildman–Crippen MR) is 79.6 cm³/mol. The first-order valence-corrected chi connectivity index (χ1v) is 6.71. The molecule has 0 radical (unpaired) electrons. The van der Waals surface area contributed by atoms with E-state index in [1.807, 2.05) is 6.08 Å². The standard InChI is InChI=1S/C17H21N/c1-4-6-10-14-13(3)15-11-8-7-9-12-17(15)18-16(14)5-2/h4-5,9-10,12H,1,6-8,11H2,2-3H3/b14-10-,16-5+. The molecule has 1 heteroatoms. The minimum absolute atomic E-state index is 0.901. The molecule has 0 saturated heterocycles. The Morgan fingerprint density at radius 3 is 3.00 bits per heavy atom. The van der Waals surface area contributed by atoms with Crippen LogP contribution in [0.2, 0.25) is 0 Å². The van der Waals surface area contributed by atoms with Gasteiger partial charge in [-0.15, -0.1) is 6.58 Å². The van der Waals surface area contributed by atoms with Crippen molar-refractivity contribution < 1.29 is 0 Å². The molecule has 1 heterocycles. The van der Waals surface area contributed by atoms with Crippen LogP contribution < -0.4 is 10.6 Å². The van der Waals surface area contributed by atoms with Gasteiger partial charge < -0.3 is 0 Å². The van der Waals surface area contributed by atoms with Gasteiger partial charge in [-0.25, -0.2) is 4.98 Å². The van der Waals surface area contributed by atoms with Crippen LogP contribution in [0.25, 0.3) is 18.2 Å². The zero-order valence-electron chi connectivity index (χ0n) is 11.4. The van der Waals surface area contributed by atoms with Crippen molar-refractivity contribution in [1.29, 1.82) is 0 Å². The molecule has 0 atom stereocenters. The Morgan fingerprint density at radius 2 is 2.28 bits per heavy atom. The van der Waals surface area contributed by atoms with Gasteiger partial charge in [-0.1, -0.05) is 24.3 Å². The molecule has 1 aliphatic carbocycles. The van der Waals surface area contributed by atoms with E-state index >= 15 is 0 Å². The normalized spacial score (nSPS) is 16.6. The third kappa shape index (κ3) is 2.45. The summed E-state index contributed by atoms with van der Waals surface area (Å²) in [6.07, 6.45) is 15.1. The number of pyridine rings is 1. The van der Waals surface area contributed by atoms with E-state index in [9.17, 15) is 0 Å². The van der Waals surface area contributed by atoms with Crippen LogP contribution in [0.5, 0.6) is 0 Å². The molecule has 1 aromatic rings. The maximum Gasteiger partial charge on any atom is 0.0668 e. The molecule has 1 nitrogen and oxygen atoms in total. The summed E-state index contributed by atoms with van der Waals surface area (Å²) in [5.74, 6) is 0. The quantitative estimate of drug-likeness (QED) is 0.723. The van der Waals surface area contributed by atoms with Crippen LogP contribution >= 0.6 is 0 Å². The molecule has 0 amide bonds. The maximum atomic E-state index is 4.80. The fourth-order valence-electron chi connectivity index (χ4n) is 2.53. The Morgan fingerprint density at radius 1 is 1.44 bits per heavy atom. The molecular weight excluding hydrogens is 218 g/mol. The maximum absolute atomic E-state index is 4.80. The van der Waals surface area contributed by atoms with Crippen LogP contribution in [0.15, 0.2) is 18.7 Å². The Labute approximate surface area is 109 Å². The van der Waals surface area contributed by atoms with Gasteiger partial charge in [0.25, 0.3) is 0 Å². The molecule has 0 spiro atoms. The zero-order valence-corrected chi connectivity index (χ0v) is 11.4. The summed E-state index contributed by atoms with van der Waals surface area (Å²) in [5, 5.41) is 2.38. The molecule has 0 fully saturated rings. The van der Waals surface area contributed by atoms with Gasteiger partial charge in [0, 0.05) is 0 Å². The third-order valence-electron chi connectivity index (χ3n) is 3.52. The molecular formula is C17H21N. The molecule has 0 saturated carbocycles. The van der Waals surface area contributed by atoms with Gasteiger partial charge >= 0.3 is 0 Å². The third-order valence-corrected chi connectivity index (χ3v) is 3.52. The van der Waals surface area contributed by atoms with Crippen LogP contribution in [-0.4, -0.2) is 4.98 Å². The summed E-state index contributed by atoms with van der Waals surface area (Å²) < 4.78 is 0. The highest BCUT2D eigenvalue weighted by Crippen LogP contribution is 2.17. The van der Waals surface area contributed by atoms with Gasteiger partial charge in [-0.05, 0) is 62.0 Å². The molecule has 2 rings (SSSR count). The minimum atomic E-state index is 0.901. The summed E-state index contributed by atoms with van der Waals surface area (Å²) in [6.45, 7) is 8.07. The number of fused-ring (bicyclic) bond motifs is 1. The van der Waals surface area contributed by atoms with Crippen molar-refractivity contribution in [2.24, 2.45) is 0 Å². The molecule has 0 unspecified atom stereocenters. The highest BCUT2D eigenvalue weighted by Gasteiger charge is 2.09. The van der Waals surface area contributed by atoms with E-state index in [4.69, 9.17) is 4.98 Å². The summed E-state index contributed by atoms with van der Waals surface area (Å²) in [6, 6.07) is 0. The summed E-state index contributed by atoms with van der Waals surface area (Å²) >= 11 is 0. The largest absolute Gasteiger partial charge is 0.248 e. The van der Waals surface area contributed by atoms with Crippen molar-refractivity contribution in [2.45, 2.75) is 39.5 Å². The highest BCUT2D eigenvalue weighted by molar-refractivity contribution is 5.54. The number of nitrogens with zero attached hydrogens (tertiary/aromatic N) is 1. The van der Waals surface area contributed by atoms with E-state index in [1.165, 1.54) is 22.8 Å². The lowest BCUT2D eigenvalue weighted by Crippen LogP contribution is -2.33. The fraction of sp³-hybridized carbons (Fsp3) is 0.353. The van der Waals surface area contributed by atoms with Crippen molar-refractivity contribution in [3.05, 3.63) is 46.1 Å². The van der Waals surface area contributed by atoms with Crippen molar-refractivity contribution in [3.63, 3.8) is 0 Å². The second kappa shape index (κ2) is 5.81. The summed E-state index contributed by atoms with van der Waals surface area (Å²) in [5.41, 5.74) is 3.97. The van der Waals surface area contributed by atoms with E-state index in [0.717, 1.165) is 30.3 Å². The van der Waals surface area contributed by atoms with E-state index in [-0.39, 0.29) is 0 Å². The number of rotatable bonds is 2. The van der Waals surface area contributed by atoms with Crippen LogP contribution in [-0.2, 0) is 6.42 Å². The topological polar surface area (TPSA) is 12.9 Å². The van der Waals surface area contributed by atoms with Crippen molar-refractivity contribution in [1.82, 2.24) is 4.98 Å². The van der Waals surface area contributed by atoms with E-state index in [0.29, 0.717) is 0 Å². The fourth-order valence-corrected chi connectivity index (χ4v) is 2.53. The molecule has 1 aliphatic rings. The first-order chi connectivity index (χ1) is 8.77. The van der Waals surface area contributed by atoms with E-state index in [1.54, 1.807) is 0 Å². The lowest BCUT2D eigenvalue weighted by Gasteiger charge is -2.09. The van der Waals surface area contributed by atoms with Gasteiger partial charge in [-0.3, -0.25) is 0 Å². The average molecular weight is 239 g/mol. The van der Waals surface area contributed by atoms with Crippen molar-refractivity contribution in [2.75, 3.05) is 0 Å². The van der Waals surface area contributed by atoms with Crippen LogP contribution in [0, 0.1) is 6.92 Å². The Kier molecular flexibility index (Phi) is 4.14. The van der Waals surface area contributed by atoms with Crippen molar-refractivity contribution >= 4 is 18.2 Å².